The quantitative estimate of drug-likeness (QED) is 0.705. The van der Waals surface area contributed by atoms with Gasteiger partial charge < -0.3 is 13.9 Å². The fourth-order valence-electron chi connectivity index (χ4n) is 4.18. The van der Waals surface area contributed by atoms with Crippen molar-refractivity contribution in [2.75, 3.05) is 0 Å². The van der Waals surface area contributed by atoms with E-state index in [1.807, 2.05) is 39.8 Å². The van der Waals surface area contributed by atoms with E-state index in [2.05, 4.69) is 6.92 Å². The van der Waals surface area contributed by atoms with Crippen LogP contribution in [0.1, 0.15) is 68.9 Å². The topological polar surface area (TPSA) is 65.7 Å². The number of ketones is 1. The molecule has 0 amide bonds. The summed E-state index contributed by atoms with van der Waals surface area (Å²) in [5, 5.41) is 0.715. The zero-order chi connectivity index (χ0) is 20.2. The Morgan fingerprint density at radius 1 is 1.14 bits per heavy atom. The Bertz CT molecular complexity index is 1060. The molecule has 0 saturated heterocycles. The SMILES string of the molecule is CCCc1cc(=O)oc2c3c(c4c(c12)OC(C)(C)C=C4)O[C@H](CC)[C@H](C)C3=O. The average molecular weight is 382 g/mol. The molecule has 1 aromatic heterocycles. The van der Waals surface area contributed by atoms with Gasteiger partial charge in [-0.1, -0.05) is 27.2 Å². The molecular weight excluding hydrogens is 356 g/mol. The lowest BCUT2D eigenvalue weighted by molar-refractivity contribution is 0.0680. The monoisotopic (exact) mass is 382 g/mol. The molecule has 0 fully saturated rings. The first-order chi connectivity index (χ1) is 13.3. The number of ether oxygens (including phenoxy) is 2. The lowest BCUT2D eigenvalue weighted by Crippen LogP contribution is -2.37. The molecule has 28 heavy (non-hydrogen) atoms. The molecule has 0 aliphatic carbocycles. The zero-order valence-corrected chi connectivity index (χ0v) is 17.0. The minimum Gasteiger partial charge on any atom is -0.488 e. The van der Waals surface area contributed by atoms with Gasteiger partial charge in [0.05, 0.1) is 16.9 Å². The second kappa shape index (κ2) is 6.50. The first-order valence-corrected chi connectivity index (χ1v) is 10.0. The van der Waals surface area contributed by atoms with Crippen molar-refractivity contribution in [1.82, 2.24) is 0 Å². The van der Waals surface area contributed by atoms with Gasteiger partial charge in [-0.3, -0.25) is 4.79 Å². The average Bonchev–Trinajstić information content (AvgIpc) is 2.63. The number of Topliss-reactive ketones (excluding diaryl/α,β-unsaturated/α-hetero) is 1. The number of carbonyl (C=O) groups excluding carboxylic acids is 1. The predicted octanol–water partition coefficient (Wildman–Crippen LogP) is 4.92. The smallest absolute Gasteiger partial charge is 0.336 e. The van der Waals surface area contributed by atoms with Crippen molar-refractivity contribution in [2.45, 2.75) is 65.6 Å². The highest BCUT2D eigenvalue weighted by Gasteiger charge is 2.40. The van der Waals surface area contributed by atoms with E-state index < -0.39 is 11.2 Å². The van der Waals surface area contributed by atoms with Crippen LogP contribution in [0.5, 0.6) is 11.5 Å². The van der Waals surface area contributed by atoms with Crippen molar-refractivity contribution in [2.24, 2.45) is 5.92 Å². The van der Waals surface area contributed by atoms with Crippen LogP contribution < -0.4 is 15.1 Å². The molecule has 0 unspecified atom stereocenters. The first-order valence-electron chi connectivity index (χ1n) is 10.0. The maximum absolute atomic E-state index is 13.3. The van der Waals surface area contributed by atoms with E-state index in [1.54, 1.807) is 0 Å². The molecule has 2 aliphatic rings. The van der Waals surface area contributed by atoms with Crippen molar-refractivity contribution in [3.05, 3.63) is 39.3 Å². The van der Waals surface area contributed by atoms with Crippen LogP contribution in [0, 0.1) is 5.92 Å². The normalized spacial score (nSPS) is 22.4. The van der Waals surface area contributed by atoms with Crippen LogP contribution in [0.3, 0.4) is 0 Å². The van der Waals surface area contributed by atoms with Crippen LogP contribution in [-0.4, -0.2) is 17.5 Å². The lowest BCUT2D eigenvalue weighted by atomic mass is 9.85. The minimum absolute atomic E-state index is 0.0454. The van der Waals surface area contributed by atoms with Gasteiger partial charge >= 0.3 is 5.63 Å². The molecule has 0 bridgehead atoms. The summed E-state index contributed by atoms with van der Waals surface area (Å²) in [6.07, 6.45) is 6.00. The highest BCUT2D eigenvalue weighted by atomic mass is 16.5. The van der Waals surface area contributed by atoms with Crippen molar-refractivity contribution < 1.29 is 18.7 Å². The van der Waals surface area contributed by atoms with Crippen LogP contribution in [-0.2, 0) is 6.42 Å². The van der Waals surface area contributed by atoms with Crippen LogP contribution in [0.25, 0.3) is 17.0 Å². The number of aryl methyl sites for hydroxylation is 1. The molecule has 2 aromatic rings. The lowest BCUT2D eigenvalue weighted by Gasteiger charge is -2.35. The number of hydrogen-bond donors (Lipinski definition) is 0. The van der Waals surface area contributed by atoms with Gasteiger partial charge in [-0.2, -0.15) is 0 Å². The van der Waals surface area contributed by atoms with Crippen molar-refractivity contribution >= 4 is 22.8 Å². The molecular formula is C23H26O5. The van der Waals surface area contributed by atoms with Crippen molar-refractivity contribution in [1.29, 1.82) is 0 Å². The fourth-order valence-corrected chi connectivity index (χ4v) is 4.18. The first kappa shape index (κ1) is 18.8. The van der Waals surface area contributed by atoms with E-state index in [-0.39, 0.29) is 17.8 Å². The second-order valence-corrected chi connectivity index (χ2v) is 8.25. The summed E-state index contributed by atoms with van der Waals surface area (Å²) in [5.74, 6) is 0.756. The fraction of sp³-hybridized carbons (Fsp3) is 0.478. The molecule has 3 heterocycles. The maximum atomic E-state index is 13.3. The Labute approximate surface area is 164 Å². The summed E-state index contributed by atoms with van der Waals surface area (Å²) in [5.41, 5.74) is 1.30. The van der Waals surface area contributed by atoms with Gasteiger partial charge in [-0.25, -0.2) is 4.79 Å². The molecule has 148 valence electrons. The minimum atomic E-state index is -0.510. The van der Waals surface area contributed by atoms with E-state index >= 15 is 0 Å². The number of rotatable bonds is 3. The molecule has 2 aliphatic heterocycles. The second-order valence-electron chi connectivity index (χ2n) is 8.25. The van der Waals surface area contributed by atoms with E-state index in [1.165, 1.54) is 6.07 Å². The molecule has 1 aromatic carbocycles. The van der Waals surface area contributed by atoms with E-state index in [0.717, 1.165) is 24.0 Å². The van der Waals surface area contributed by atoms with Crippen molar-refractivity contribution in [3.63, 3.8) is 0 Å². The zero-order valence-electron chi connectivity index (χ0n) is 17.0. The summed E-state index contributed by atoms with van der Waals surface area (Å²) >= 11 is 0. The van der Waals surface area contributed by atoms with E-state index in [4.69, 9.17) is 13.9 Å². The highest BCUT2D eigenvalue weighted by Crippen LogP contribution is 2.49. The summed E-state index contributed by atoms with van der Waals surface area (Å²) in [6.45, 7) is 9.87. The third-order valence-corrected chi connectivity index (χ3v) is 5.64. The molecule has 5 heteroatoms. The van der Waals surface area contributed by atoms with Gasteiger partial charge in [0.15, 0.2) is 11.4 Å². The van der Waals surface area contributed by atoms with Crippen LogP contribution in [0.2, 0.25) is 0 Å². The van der Waals surface area contributed by atoms with Crippen LogP contribution in [0.15, 0.2) is 21.4 Å². The van der Waals surface area contributed by atoms with E-state index in [9.17, 15) is 9.59 Å². The van der Waals surface area contributed by atoms with Gasteiger partial charge in [-0.05, 0) is 44.4 Å². The summed E-state index contributed by atoms with van der Waals surface area (Å²) in [4.78, 5) is 25.6. The summed E-state index contributed by atoms with van der Waals surface area (Å²) in [6, 6.07) is 1.51. The van der Waals surface area contributed by atoms with E-state index in [0.29, 0.717) is 34.5 Å². The van der Waals surface area contributed by atoms with Gasteiger partial charge in [0.1, 0.15) is 28.8 Å². The van der Waals surface area contributed by atoms with Gasteiger partial charge in [0.25, 0.3) is 0 Å². The molecule has 0 spiro atoms. The highest BCUT2D eigenvalue weighted by molar-refractivity contribution is 6.14. The number of carbonyl (C=O) groups is 1. The number of benzene rings is 1. The standard InChI is InChI=1S/C23H26O5/c1-6-8-13-11-16(24)27-22-17(13)21-14(9-10-23(4,5)28-21)20-18(22)19(25)12(3)15(7-2)26-20/h9-12,15H,6-8H2,1-5H3/t12-,15+/m0/s1. The Kier molecular flexibility index (Phi) is 4.36. The molecule has 0 saturated carbocycles. The van der Waals surface area contributed by atoms with Crippen LogP contribution in [0.4, 0.5) is 0 Å². The molecule has 5 nitrogen and oxygen atoms in total. The Balaban J connectivity index is 2.16. The Morgan fingerprint density at radius 2 is 1.89 bits per heavy atom. The largest absolute Gasteiger partial charge is 0.488 e. The molecule has 0 radical (unpaired) electrons. The van der Waals surface area contributed by atoms with Crippen molar-refractivity contribution in [3.8, 4) is 11.5 Å². The van der Waals surface area contributed by atoms with Gasteiger partial charge in [0.2, 0.25) is 0 Å². The molecule has 4 rings (SSSR count). The third-order valence-electron chi connectivity index (χ3n) is 5.64. The van der Waals surface area contributed by atoms with Crippen LogP contribution >= 0.6 is 0 Å². The molecule has 2 atom stereocenters. The third kappa shape index (κ3) is 2.76. The van der Waals surface area contributed by atoms with Gasteiger partial charge in [0, 0.05) is 6.07 Å². The number of fused-ring (bicyclic) bond motifs is 6. The summed E-state index contributed by atoms with van der Waals surface area (Å²) < 4.78 is 18.2. The van der Waals surface area contributed by atoms with Gasteiger partial charge in [-0.15, -0.1) is 0 Å². The number of hydrogen-bond acceptors (Lipinski definition) is 5. The molecule has 0 N–H and O–H groups in total. The summed E-state index contributed by atoms with van der Waals surface area (Å²) in [7, 11) is 0. The maximum Gasteiger partial charge on any atom is 0.336 e. The predicted molar refractivity (Wildman–Crippen MR) is 108 cm³/mol. The Morgan fingerprint density at radius 3 is 2.57 bits per heavy atom. The Hall–Kier alpha value is -2.56.